The molecule has 0 radical (unpaired) electrons. The summed E-state index contributed by atoms with van der Waals surface area (Å²) < 4.78 is 29.0. The fourth-order valence-electron chi connectivity index (χ4n) is 3.26. The summed E-state index contributed by atoms with van der Waals surface area (Å²) >= 11 is 1.36. The molecule has 3 aromatic rings. The van der Waals surface area contributed by atoms with Crippen molar-refractivity contribution in [1.82, 2.24) is 18.7 Å². The number of aryl methyl sites for hydroxylation is 2. The van der Waals surface area contributed by atoms with E-state index in [4.69, 9.17) is 0 Å². The standard InChI is InChI=1S/C17H19N5O3S2/c1-12-11-22-16(23)15(13(2)19-17(22)26-12)27(24,25)21-9-7-20(8-10-21)14-5-3-4-6-18-14/h3-6,11H,7-10H2,1-2H3. The molecule has 0 unspecified atom stereocenters. The molecule has 10 heteroatoms. The molecule has 142 valence electrons. The molecule has 1 aliphatic rings. The molecule has 8 nitrogen and oxygen atoms in total. The first-order valence-electron chi connectivity index (χ1n) is 8.53. The van der Waals surface area contributed by atoms with E-state index in [1.54, 1.807) is 19.3 Å². The number of hydrogen-bond acceptors (Lipinski definition) is 7. The average Bonchev–Trinajstić information content (AvgIpc) is 3.03. The van der Waals surface area contributed by atoms with Gasteiger partial charge in [0.25, 0.3) is 15.6 Å². The maximum absolute atomic E-state index is 13.2. The molecule has 3 aromatic heterocycles. The van der Waals surface area contributed by atoms with Crippen molar-refractivity contribution in [3.05, 3.63) is 51.5 Å². The molecule has 0 spiro atoms. The van der Waals surface area contributed by atoms with Crippen LogP contribution in [0.3, 0.4) is 0 Å². The highest BCUT2D eigenvalue weighted by atomic mass is 32.2. The van der Waals surface area contributed by atoms with E-state index in [2.05, 4.69) is 9.97 Å². The minimum absolute atomic E-state index is 0.232. The molecule has 0 atom stereocenters. The summed E-state index contributed by atoms with van der Waals surface area (Å²) in [6, 6.07) is 5.65. The SMILES string of the molecule is Cc1cn2c(=O)c(S(=O)(=O)N3CCN(c4ccccn4)CC3)c(C)nc2s1. The molecule has 1 saturated heterocycles. The van der Waals surface area contributed by atoms with Crippen LogP contribution >= 0.6 is 11.3 Å². The van der Waals surface area contributed by atoms with Gasteiger partial charge in [0.05, 0.1) is 5.69 Å². The van der Waals surface area contributed by atoms with E-state index in [1.165, 1.54) is 20.0 Å². The van der Waals surface area contributed by atoms with Crippen molar-refractivity contribution in [3.63, 3.8) is 0 Å². The summed E-state index contributed by atoms with van der Waals surface area (Å²) in [7, 11) is -3.92. The highest BCUT2D eigenvalue weighted by Gasteiger charge is 2.33. The number of nitrogens with zero attached hydrogens (tertiary/aromatic N) is 5. The zero-order valence-corrected chi connectivity index (χ0v) is 16.6. The third-order valence-electron chi connectivity index (χ3n) is 4.58. The minimum atomic E-state index is -3.92. The number of sulfonamides is 1. The Hall–Kier alpha value is -2.30. The molecule has 1 fully saturated rings. The van der Waals surface area contributed by atoms with Crippen molar-refractivity contribution >= 4 is 32.1 Å². The molecule has 0 saturated carbocycles. The van der Waals surface area contributed by atoms with E-state index in [1.807, 2.05) is 30.0 Å². The summed E-state index contributed by atoms with van der Waals surface area (Å²) in [5, 5.41) is 0. The van der Waals surface area contributed by atoms with Crippen LogP contribution in [0.15, 0.2) is 40.3 Å². The zero-order chi connectivity index (χ0) is 19.2. The first kappa shape index (κ1) is 18.1. The van der Waals surface area contributed by atoms with Gasteiger partial charge >= 0.3 is 0 Å². The van der Waals surface area contributed by atoms with Crippen LogP contribution in [-0.4, -0.2) is 53.3 Å². The Labute approximate surface area is 160 Å². The normalized spacial score (nSPS) is 16.1. The Morgan fingerprint density at radius 2 is 1.85 bits per heavy atom. The zero-order valence-electron chi connectivity index (χ0n) is 15.0. The van der Waals surface area contributed by atoms with Gasteiger partial charge in [0, 0.05) is 43.4 Å². The largest absolute Gasteiger partial charge is 0.354 e. The maximum Gasteiger partial charge on any atom is 0.279 e. The molecule has 1 aliphatic heterocycles. The first-order valence-corrected chi connectivity index (χ1v) is 10.8. The smallest absolute Gasteiger partial charge is 0.279 e. The molecule has 4 heterocycles. The fraction of sp³-hybridized carbons (Fsp3) is 0.353. The van der Waals surface area contributed by atoms with Crippen LogP contribution in [0.1, 0.15) is 10.6 Å². The van der Waals surface area contributed by atoms with Crippen LogP contribution in [0.2, 0.25) is 0 Å². The summed E-state index contributed by atoms with van der Waals surface area (Å²) in [6.45, 7) is 5.06. The fourth-order valence-corrected chi connectivity index (χ4v) is 5.76. The summed E-state index contributed by atoms with van der Waals surface area (Å²) in [5.41, 5.74) is -0.289. The summed E-state index contributed by atoms with van der Waals surface area (Å²) in [4.78, 5) is 24.7. The predicted molar refractivity (Wildman–Crippen MR) is 104 cm³/mol. The summed E-state index contributed by atoms with van der Waals surface area (Å²) in [5.74, 6) is 0.822. The number of piperazine rings is 1. The second kappa shape index (κ2) is 6.70. The number of pyridine rings is 1. The van der Waals surface area contributed by atoms with Gasteiger partial charge in [0.1, 0.15) is 5.82 Å². The van der Waals surface area contributed by atoms with Crippen LogP contribution in [0.25, 0.3) is 4.96 Å². The molecular weight excluding hydrogens is 386 g/mol. The van der Waals surface area contributed by atoms with E-state index in [0.29, 0.717) is 31.1 Å². The van der Waals surface area contributed by atoms with Crippen LogP contribution in [0, 0.1) is 13.8 Å². The second-order valence-corrected chi connectivity index (χ2v) is 9.49. The lowest BCUT2D eigenvalue weighted by Crippen LogP contribution is -2.50. The highest BCUT2D eigenvalue weighted by molar-refractivity contribution is 7.89. The Morgan fingerprint density at radius 3 is 2.52 bits per heavy atom. The van der Waals surface area contributed by atoms with E-state index >= 15 is 0 Å². The Kier molecular flexibility index (Phi) is 4.49. The lowest BCUT2D eigenvalue weighted by molar-refractivity contribution is 0.383. The average molecular weight is 406 g/mol. The lowest BCUT2D eigenvalue weighted by Gasteiger charge is -2.34. The van der Waals surface area contributed by atoms with Gasteiger partial charge in [-0.2, -0.15) is 4.31 Å². The van der Waals surface area contributed by atoms with Crippen molar-refractivity contribution in [2.45, 2.75) is 18.7 Å². The Bertz CT molecular complexity index is 1150. The lowest BCUT2D eigenvalue weighted by atomic mass is 10.3. The van der Waals surface area contributed by atoms with E-state index in [9.17, 15) is 13.2 Å². The van der Waals surface area contributed by atoms with E-state index < -0.39 is 15.6 Å². The van der Waals surface area contributed by atoms with Crippen LogP contribution in [-0.2, 0) is 10.0 Å². The number of fused-ring (bicyclic) bond motifs is 1. The third kappa shape index (κ3) is 3.13. The van der Waals surface area contributed by atoms with Gasteiger partial charge in [0.15, 0.2) is 9.86 Å². The van der Waals surface area contributed by atoms with Crippen LogP contribution in [0.5, 0.6) is 0 Å². The number of thiazole rings is 1. The van der Waals surface area contributed by atoms with Crippen molar-refractivity contribution in [2.24, 2.45) is 0 Å². The van der Waals surface area contributed by atoms with Crippen molar-refractivity contribution in [3.8, 4) is 0 Å². The molecule has 4 rings (SSSR count). The second-order valence-electron chi connectivity index (χ2n) is 6.40. The molecule has 0 aromatic carbocycles. The highest BCUT2D eigenvalue weighted by Crippen LogP contribution is 2.21. The topological polar surface area (TPSA) is 87.9 Å². The van der Waals surface area contributed by atoms with Gasteiger partial charge in [-0.1, -0.05) is 6.07 Å². The monoisotopic (exact) mass is 405 g/mol. The molecule has 0 aliphatic carbocycles. The third-order valence-corrected chi connectivity index (χ3v) is 7.51. The Morgan fingerprint density at radius 1 is 1.11 bits per heavy atom. The van der Waals surface area contributed by atoms with Crippen molar-refractivity contribution in [1.29, 1.82) is 0 Å². The van der Waals surface area contributed by atoms with E-state index in [-0.39, 0.29) is 10.6 Å². The predicted octanol–water partition coefficient (Wildman–Crippen LogP) is 1.28. The molecule has 0 N–H and O–H groups in total. The van der Waals surface area contributed by atoms with Crippen molar-refractivity contribution < 1.29 is 8.42 Å². The van der Waals surface area contributed by atoms with Gasteiger partial charge in [-0.3, -0.25) is 9.20 Å². The molecule has 27 heavy (non-hydrogen) atoms. The molecule has 0 bridgehead atoms. The molecular formula is C17H19N5O3S2. The number of hydrogen-bond donors (Lipinski definition) is 0. The first-order chi connectivity index (χ1) is 12.9. The van der Waals surface area contributed by atoms with Gasteiger partial charge in [-0.25, -0.2) is 18.4 Å². The van der Waals surface area contributed by atoms with Crippen molar-refractivity contribution in [2.75, 3.05) is 31.1 Å². The quantitative estimate of drug-likeness (QED) is 0.652. The minimum Gasteiger partial charge on any atom is -0.354 e. The molecule has 0 amide bonds. The summed E-state index contributed by atoms with van der Waals surface area (Å²) in [6.07, 6.45) is 3.35. The van der Waals surface area contributed by atoms with Gasteiger partial charge in [0.2, 0.25) is 0 Å². The van der Waals surface area contributed by atoms with E-state index in [0.717, 1.165) is 10.7 Å². The van der Waals surface area contributed by atoms with Gasteiger partial charge in [-0.05, 0) is 26.0 Å². The number of anilines is 1. The Balaban J connectivity index is 1.65. The van der Waals surface area contributed by atoms with Gasteiger partial charge < -0.3 is 4.90 Å². The van der Waals surface area contributed by atoms with Gasteiger partial charge in [-0.15, -0.1) is 11.3 Å². The van der Waals surface area contributed by atoms with Crippen LogP contribution in [0.4, 0.5) is 5.82 Å². The van der Waals surface area contributed by atoms with Crippen LogP contribution < -0.4 is 10.5 Å². The number of rotatable bonds is 3. The number of aromatic nitrogens is 3. The maximum atomic E-state index is 13.2.